The van der Waals surface area contributed by atoms with Crippen molar-refractivity contribution in [2.45, 2.75) is 33.1 Å². The number of ether oxygens (including phenoxy) is 2. The largest absolute Gasteiger partial charge is 0.500 e. The predicted molar refractivity (Wildman–Crippen MR) is 96.7 cm³/mol. The van der Waals surface area contributed by atoms with Crippen LogP contribution in [0.5, 0.6) is 11.6 Å². The van der Waals surface area contributed by atoms with Crippen molar-refractivity contribution in [2.75, 3.05) is 7.11 Å². The third kappa shape index (κ3) is 4.38. The molecule has 2 rings (SSSR count). The van der Waals surface area contributed by atoms with Gasteiger partial charge in [0.05, 0.1) is 7.11 Å². The SMILES string of the molecule is CO/C(C)=C(/C(=O)O)c1ccccc1Oc1cc(C(C)(C)C)ccn1. The molecule has 1 aromatic carbocycles. The first-order chi connectivity index (χ1) is 11.7. The van der Waals surface area contributed by atoms with E-state index in [1.807, 2.05) is 12.1 Å². The van der Waals surface area contributed by atoms with Gasteiger partial charge in [0.1, 0.15) is 17.1 Å². The number of pyridine rings is 1. The highest BCUT2D eigenvalue weighted by molar-refractivity contribution is 6.16. The second-order valence-electron chi connectivity index (χ2n) is 6.67. The van der Waals surface area contributed by atoms with Gasteiger partial charge in [-0.2, -0.15) is 0 Å². The molecule has 25 heavy (non-hydrogen) atoms. The lowest BCUT2D eigenvalue weighted by Gasteiger charge is -2.19. The molecule has 0 aliphatic carbocycles. The molecule has 0 aliphatic rings. The summed E-state index contributed by atoms with van der Waals surface area (Å²) < 4.78 is 11.0. The highest BCUT2D eigenvalue weighted by atomic mass is 16.5. The summed E-state index contributed by atoms with van der Waals surface area (Å²) >= 11 is 0. The summed E-state index contributed by atoms with van der Waals surface area (Å²) in [5.41, 5.74) is 1.54. The predicted octanol–water partition coefficient (Wildman–Crippen LogP) is 4.63. The topological polar surface area (TPSA) is 68.7 Å². The Kier molecular flexibility index (Phi) is 5.47. The minimum atomic E-state index is -1.08. The number of nitrogens with zero attached hydrogens (tertiary/aromatic N) is 1. The van der Waals surface area contributed by atoms with Crippen molar-refractivity contribution in [1.29, 1.82) is 0 Å². The molecule has 0 amide bonds. The number of methoxy groups -OCH3 is 1. The molecule has 1 N–H and O–H groups in total. The van der Waals surface area contributed by atoms with Crippen molar-refractivity contribution >= 4 is 11.5 Å². The number of aliphatic carboxylic acids is 1. The average Bonchev–Trinajstić information content (AvgIpc) is 2.55. The second-order valence-corrected chi connectivity index (χ2v) is 6.67. The van der Waals surface area contributed by atoms with Crippen LogP contribution in [0.2, 0.25) is 0 Å². The average molecular weight is 341 g/mol. The maximum Gasteiger partial charge on any atom is 0.339 e. The van der Waals surface area contributed by atoms with Gasteiger partial charge in [-0.15, -0.1) is 0 Å². The molecule has 0 atom stereocenters. The van der Waals surface area contributed by atoms with Crippen LogP contribution in [0.4, 0.5) is 0 Å². The summed E-state index contributed by atoms with van der Waals surface area (Å²) in [6.45, 7) is 7.92. The number of carboxylic acids is 1. The van der Waals surface area contributed by atoms with E-state index >= 15 is 0 Å². The van der Waals surface area contributed by atoms with Crippen molar-refractivity contribution in [3.05, 3.63) is 59.5 Å². The van der Waals surface area contributed by atoms with Crippen LogP contribution in [-0.2, 0) is 14.9 Å². The Labute approximate surface area is 147 Å². The summed E-state index contributed by atoms with van der Waals surface area (Å²) in [4.78, 5) is 15.9. The fourth-order valence-electron chi connectivity index (χ4n) is 2.36. The maximum absolute atomic E-state index is 11.7. The molecular formula is C20H23NO4. The van der Waals surface area contributed by atoms with E-state index in [1.165, 1.54) is 7.11 Å². The van der Waals surface area contributed by atoms with Gasteiger partial charge in [-0.25, -0.2) is 9.78 Å². The van der Waals surface area contributed by atoms with Crippen LogP contribution in [0.25, 0.3) is 5.57 Å². The van der Waals surface area contributed by atoms with E-state index in [0.29, 0.717) is 23.0 Å². The quantitative estimate of drug-likeness (QED) is 0.634. The molecule has 0 unspecified atom stereocenters. The van der Waals surface area contributed by atoms with Gasteiger partial charge in [0, 0.05) is 17.8 Å². The molecule has 0 saturated carbocycles. The first-order valence-electron chi connectivity index (χ1n) is 7.96. The Bertz CT molecular complexity index is 803. The number of carbonyl (C=O) groups is 1. The number of benzene rings is 1. The Hall–Kier alpha value is -2.82. The van der Waals surface area contributed by atoms with Crippen LogP contribution in [0, 0.1) is 0 Å². The van der Waals surface area contributed by atoms with E-state index in [-0.39, 0.29) is 11.0 Å². The van der Waals surface area contributed by atoms with Gasteiger partial charge in [-0.05, 0) is 30.0 Å². The van der Waals surface area contributed by atoms with Crippen molar-refractivity contribution in [1.82, 2.24) is 4.98 Å². The molecule has 0 radical (unpaired) electrons. The summed E-state index contributed by atoms with van der Waals surface area (Å²) in [7, 11) is 1.44. The van der Waals surface area contributed by atoms with Gasteiger partial charge in [-0.1, -0.05) is 39.0 Å². The zero-order valence-corrected chi connectivity index (χ0v) is 15.2. The monoisotopic (exact) mass is 341 g/mol. The van der Waals surface area contributed by atoms with E-state index in [0.717, 1.165) is 5.56 Å². The lowest BCUT2D eigenvalue weighted by Crippen LogP contribution is -2.11. The number of hydrogen-bond donors (Lipinski definition) is 1. The van der Waals surface area contributed by atoms with Gasteiger partial charge in [0.25, 0.3) is 0 Å². The second kappa shape index (κ2) is 7.38. The van der Waals surface area contributed by atoms with Gasteiger partial charge in [0.15, 0.2) is 0 Å². The number of allylic oxidation sites excluding steroid dienone is 1. The summed E-state index contributed by atoms with van der Waals surface area (Å²) in [6.07, 6.45) is 1.69. The van der Waals surface area contributed by atoms with Crippen LogP contribution in [0.1, 0.15) is 38.8 Å². The lowest BCUT2D eigenvalue weighted by molar-refractivity contribution is -0.130. The highest BCUT2D eigenvalue weighted by Gasteiger charge is 2.20. The standard InChI is InChI=1S/C20H23NO4/c1-13(24-5)18(19(22)23)15-8-6-7-9-16(15)25-17-12-14(10-11-21-17)20(2,3)4/h6-12H,1-5H3,(H,22,23)/b18-13+. The van der Waals surface area contributed by atoms with Crippen molar-refractivity contribution in [3.8, 4) is 11.6 Å². The van der Waals surface area contributed by atoms with Crippen LogP contribution in [0.15, 0.2) is 48.4 Å². The van der Waals surface area contributed by atoms with Crippen LogP contribution in [-0.4, -0.2) is 23.2 Å². The van der Waals surface area contributed by atoms with E-state index in [1.54, 1.807) is 37.4 Å². The highest BCUT2D eigenvalue weighted by Crippen LogP contribution is 2.33. The molecule has 2 aromatic rings. The number of para-hydroxylation sites is 1. The first-order valence-corrected chi connectivity index (χ1v) is 7.96. The van der Waals surface area contributed by atoms with E-state index < -0.39 is 5.97 Å². The Balaban J connectivity index is 2.48. The fraction of sp³-hybridized carbons (Fsp3) is 0.300. The minimum absolute atomic E-state index is 0.0423. The van der Waals surface area contributed by atoms with E-state index in [4.69, 9.17) is 9.47 Å². The molecule has 5 heteroatoms. The Morgan fingerprint density at radius 1 is 1.16 bits per heavy atom. The van der Waals surface area contributed by atoms with Gasteiger partial charge in [0.2, 0.25) is 5.88 Å². The Morgan fingerprint density at radius 3 is 2.44 bits per heavy atom. The zero-order chi connectivity index (χ0) is 18.6. The minimum Gasteiger partial charge on any atom is -0.500 e. The van der Waals surface area contributed by atoms with Gasteiger partial charge < -0.3 is 14.6 Å². The summed E-state index contributed by atoms with van der Waals surface area (Å²) in [5, 5.41) is 9.56. The number of rotatable bonds is 5. The molecule has 0 spiro atoms. The van der Waals surface area contributed by atoms with Crippen LogP contribution in [0.3, 0.4) is 0 Å². The molecule has 5 nitrogen and oxygen atoms in total. The number of hydrogen-bond acceptors (Lipinski definition) is 4. The molecule has 1 aromatic heterocycles. The number of aromatic nitrogens is 1. The zero-order valence-electron chi connectivity index (χ0n) is 15.2. The molecule has 1 heterocycles. The third-order valence-corrected chi connectivity index (χ3v) is 3.84. The van der Waals surface area contributed by atoms with Crippen LogP contribution < -0.4 is 4.74 Å². The summed E-state index contributed by atoms with van der Waals surface area (Å²) in [6, 6.07) is 10.8. The van der Waals surface area contributed by atoms with Crippen molar-refractivity contribution in [2.24, 2.45) is 0 Å². The van der Waals surface area contributed by atoms with E-state index in [9.17, 15) is 9.90 Å². The molecule has 0 bridgehead atoms. The molecule has 132 valence electrons. The lowest BCUT2D eigenvalue weighted by atomic mass is 9.88. The van der Waals surface area contributed by atoms with Gasteiger partial charge in [-0.3, -0.25) is 0 Å². The molecule has 0 fully saturated rings. The normalized spacial score (nSPS) is 12.4. The number of carboxylic acid groups (broad SMARTS) is 1. The molecular weight excluding hydrogens is 318 g/mol. The molecule has 0 saturated heterocycles. The van der Waals surface area contributed by atoms with E-state index in [2.05, 4.69) is 25.8 Å². The van der Waals surface area contributed by atoms with Crippen LogP contribution >= 0.6 is 0 Å². The Morgan fingerprint density at radius 2 is 1.84 bits per heavy atom. The van der Waals surface area contributed by atoms with Gasteiger partial charge >= 0.3 is 5.97 Å². The smallest absolute Gasteiger partial charge is 0.339 e. The molecule has 0 aliphatic heterocycles. The first kappa shape index (κ1) is 18.5. The summed E-state index contributed by atoms with van der Waals surface area (Å²) in [5.74, 6) is 0.0568. The third-order valence-electron chi connectivity index (χ3n) is 3.84. The van der Waals surface area contributed by atoms with Crippen molar-refractivity contribution < 1.29 is 19.4 Å². The van der Waals surface area contributed by atoms with Crippen molar-refractivity contribution in [3.63, 3.8) is 0 Å². The maximum atomic E-state index is 11.7. The fourth-order valence-corrected chi connectivity index (χ4v) is 2.36.